The van der Waals surface area contributed by atoms with Gasteiger partial charge >= 0.3 is 0 Å². The summed E-state index contributed by atoms with van der Waals surface area (Å²) in [5.41, 5.74) is 19.4. The molecule has 0 N–H and O–H groups in total. The van der Waals surface area contributed by atoms with Crippen LogP contribution in [-0.2, 0) is 5.41 Å². The Hall–Kier alpha value is -7.42. The van der Waals surface area contributed by atoms with Crippen molar-refractivity contribution in [1.29, 1.82) is 0 Å². The molecule has 1 spiro atoms. The topological polar surface area (TPSA) is 25.8 Å². The van der Waals surface area contributed by atoms with Crippen LogP contribution >= 0.6 is 0 Å². The number of nitrogens with zero attached hydrogens (tertiary/aromatic N) is 2. The summed E-state index contributed by atoms with van der Waals surface area (Å²) in [5, 5.41) is 2.34. The normalized spacial score (nSPS) is 12.8. The monoisotopic (exact) mass is 724 g/mol. The minimum absolute atomic E-state index is 0.374. The van der Waals surface area contributed by atoms with Crippen LogP contribution in [0.1, 0.15) is 33.4 Å². The van der Waals surface area contributed by atoms with Crippen molar-refractivity contribution in [2.75, 3.05) is 0 Å². The summed E-state index contributed by atoms with van der Waals surface area (Å²) in [6.07, 6.45) is 3.73. The van der Waals surface area contributed by atoms with Crippen LogP contribution in [0.2, 0.25) is 0 Å². The smallest absolute Gasteiger partial charge is 0.160 e. The van der Waals surface area contributed by atoms with Gasteiger partial charge in [-0.1, -0.05) is 183 Å². The van der Waals surface area contributed by atoms with E-state index in [2.05, 4.69) is 195 Å². The quantitative estimate of drug-likeness (QED) is 0.171. The zero-order valence-electron chi connectivity index (χ0n) is 31.3. The molecule has 0 radical (unpaired) electrons. The summed E-state index contributed by atoms with van der Waals surface area (Å²) in [4.78, 5) is 10.3. The molecule has 11 rings (SSSR count). The van der Waals surface area contributed by atoms with Crippen molar-refractivity contribution in [3.63, 3.8) is 0 Å². The van der Waals surface area contributed by atoms with Crippen LogP contribution in [0.15, 0.2) is 195 Å². The van der Waals surface area contributed by atoms with Gasteiger partial charge in [0.2, 0.25) is 0 Å². The first-order chi connectivity index (χ1) is 28.1. The van der Waals surface area contributed by atoms with Gasteiger partial charge < -0.3 is 0 Å². The van der Waals surface area contributed by atoms with Crippen LogP contribution < -0.4 is 0 Å². The molecular formula is C55H36N2. The lowest BCUT2D eigenvalue weighted by Crippen LogP contribution is -2.25. The number of hydrogen-bond donors (Lipinski definition) is 0. The van der Waals surface area contributed by atoms with Crippen LogP contribution in [0.4, 0.5) is 0 Å². The van der Waals surface area contributed by atoms with Crippen LogP contribution in [0.5, 0.6) is 0 Å². The molecule has 0 fully saturated rings. The molecule has 0 bridgehead atoms. The van der Waals surface area contributed by atoms with E-state index in [1.807, 2.05) is 12.2 Å². The number of benzene rings is 8. The van der Waals surface area contributed by atoms with Crippen LogP contribution in [-0.4, -0.2) is 9.97 Å². The second kappa shape index (κ2) is 12.8. The molecule has 0 unspecified atom stereocenters. The molecule has 0 saturated carbocycles. The summed E-state index contributed by atoms with van der Waals surface area (Å²) in [6, 6.07) is 66.0. The predicted octanol–water partition coefficient (Wildman–Crippen LogP) is 13.9. The molecule has 2 aliphatic carbocycles. The Bertz CT molecular complexity index is 3050. The summed E-state index contributed by atoms with van der Waals surface area (Å²) < 4.78 is 0. The fourth-order valence-corrected chi connectivity index (χ4v) is 9.41. The van der Waals surface area contributed by atoms with E-state index >= 15 is 0 Å². The highest BCUT2D eigenvalue weighted by Crippen LogP contribution is 2.63. The number of aromatic nitrogens is 2. The Morgan fingerprint density at radius 2 is 0.860 bits per heavy atom. The molecule has 0 amide bonds. The second-order valence-electron chi connectivity index (χ2n) is 15.0. The fraction of sp³-hybridized carbons (Fsp3) is 0.0182. The number of rotatable bonds is 6. The van der Waals surface area contributed by atoms with Gasteiger partial charge in [-0.2, -0.15) is 0 Å². The van der Waals surface area contributed by atoms with E-state index in [0.29, 0.717) is 5.82 Å². The summed E-state index contributed by atoms with van der Waals surface area (Å²) in [5.74, 6) is 0.686. The lowest BCUT2D eigenvalue weighted by Gasteiger charge is -2.30. The summed E-state index contributed by atoms with van der Waals surface area (Å²) in [6.45, 7) is 8.05. The van der Waals surface area contributed by atoms with Crippen molar-refractivity contribution in [3.8, 4) is 67.3 Å². The Morgan fingerprint density at radius 1 is 0.351 bits per heavy atom. The molecule has 9 aromatic rings. The Balaban J connectivity index is 1.04. The van der Waals surface area contributed by atoms with Crippen molar-refractivity contribution in [1.82, 2.24) is 9.97 Å². The van der Waals surface area contributed by atoms with Crippen molar-refractivity contribution >= 4 is 22.9 Å². The Labute approximate surface area is 332 Å². The van der Waals surface area contributed by atoms with Crippen LogP contribution in [0, 0.1) is 0 Å². The molecule has 2 aliphatic rings. The SMILES string of the molecule is C=Cc1ccc(-c2cc(-c3ccc(-c4ccc5c(c4)C4(c6ccccc6-c6ccccc64)c4ccccc4-5)cc3)nc(-c3ccc4ccccc4c3)n2)cc1C=C. The van der Waals surface area contributed by atoms with Crippen LogP contribution in [0.25, 0.3) is 90.2 Å². The molecule has 1 heterocycles. The van der Waals surface area contributed by atoms with E-state index in [9.17, 15) is 0 Å². The number of fused-ring (bicyclic) bond motifs is 11. The molecule has 0 saturated heterocycles. The van der Waals surface area contributed by atoms with Gasteiger partial charge in [-0.15, -0.1) is 0 Å². The van der Waals surface area contributed by atoms with Crippen LogP contribution in [0.3, 0.4) is 0 Å². The molecule has 1 aromatic heterocycles. The van der Waals surface area contributed by atoms with Gasteiger partial charge in [0, 0.05) is 16.7 Å². The molecule has 0 atom stereocenters. The molecule has 0 aliphatic heterocycles. The third-order valence-electron chi connectivity index (χ3n) is 12.1. The van der Waals surface area contributed by atoms with Crippen molar-refractivity contribution < 1.29 is 0 Å². The first-order valence-electron chi connectivity index (χ1n) is 19.5. The highest BCUT2D eigenvalue weighted by Gasteiger charge is 2.51. The lowest BCUT2D eigenvalue weighted by molar-refractivity contribution is 0.794. The molecule has 266 valence electrons. The standard InChI is InChI=1S/C55H36N2/c1-3-35-21-27-42(31-36(35)4-2)53-34-52(56-54(57-53)43-28-24-37-13-5-6-14-40(37)32-43)39-25-22-38(23-26-39)41-29-30-47-46-17-9-12-20-50(46)55(51(47)33-41)48-18-10-7-15-44(48)45-16-8-11-19-49(45)55/h3-34H,1-2H2. The van der Waals surface area contributed by atoms with E-state index in [1.165, 1.54) is 55.5 Å². The minimum atomic E-state index is -0.374. The van der Waals surface area contributed by atoms with Gasteiger partial charge in [-0.25, -0.2) is 9.97 Å². The number of hydrogen-bond acceptors (Lipinski definition) is 2. The molecule has 2 heteroatoms. The van der Waals surface area contributed by atoms with Gasteiger partial charge in [-0.05, 0) is 102 Å². The summed E-state index contributed by atoms with van der Waals surface area (Å²) >= 11 is 0. The second-order valence-corrected chi connectivity index (χ2v) is 15.0. The van der Waals surface area contributed by atoms with Crippen molar-refractivity contribution in [3.05, 3.63) is 229 Å². The molecule has 2 nitrogen and oxygen atoms in total. The highest BCUT2D eigenvalue weighted by atomic mass is 14.9. The fourth-order valence-electron chi connectivity index (χ4n) is 9.41. The predicted molar refractivity (Wildman–Crippen MR) is 238 cm³/mol. The largest absolute Gasteiger partial charge is 0.228 e. The van der Waals surface area contributed by atoms with E-state index in [1.54, 1.807) is 0 Å². The van der Waals surface area contributed by atoms with E-state index in [0.717, 1.165) is 50.2 Å². The van der Waals surface area contributed by atoms with Gasteiger partial charge in [0.25, 0.3) is 0 Å². The zero-order chi connectivity index (χ0) is 38.1. The first-order valence-corrected chi connectivity index (χ1v) is 19.5. The van der Waals surface area contributed by atoms with Gasteiger partial charge in [0.15, 0.2) is 5.82 Å². The third-order valence-corrected chi connectivity index (χ3v) is 12.1. The maximum atomic E-state index is 5.20. The molecular weight excluding hydrogens is 689 g/mol. The maximum Gasteiger partial charge on any atom is 0.160 e. The maximum absolute atomic E-state index is 5.20. The van der Waals surface area contributed by atoms with Gasteiger partial charge in [0.05, 0.1) is 16.8 Å². The van der Waals surface area contributed by atoms with E-state index in [4.69, 9.17) is 9.97 Å². The average Bonchev–Trinajstić information content (AvgIpc) is 3.75. The zero-order valence-corrected chi connectivity index (χ0v) is 31.3. The molecule has 57 heavy (non-hydrogen) atoms. The highest BCUT2D eigenvalue weighted by molar-refractivity contribution is 5.96. The lowest BCUT2D eigenvalue weighted by atomic mass is 9.70. The van der Waals surface area contributed by atoms with Crippen molar-refractivity contribution in [2.45, 2.75) is 5.41 Å². The van der Waals surface area contributed by atoms with E-state index in [-0.39, 0.29) is 5.41 Å². The Kier molecular flexibility index (Phi) is 7.42. The summed E-state index contributed by atoms with van der Waals surface area (Å²) in [7, 11) is 0. The molecule has 8 aromatic carbocycles. The van der Waals surface area contributed by atoms with Gasteiger partial charge in [-0.3, -0.25) is 0 Å². The third kappa shape index (κ3) is 4.97. The minimum Gasteiger partial charge on any atom is -0.228 e. The Morgan fingerprint density at radius 3 is 1.51 bits per heavy atom. The average molecular weight is 725 g/mol. The first kappa shape index (κ1) is 33.0. The van der Waals surface area contributed by atoms with Crippen molar-refractivity contribution in [2.24, 2.45) is 0 Å². The van der Waals surface area contributed by atoms with Gasteiger partial charge in [0.1, 0.15) is 0 Å². The van der Waals surface area contributed by atoms with E-state index < -0.39 is 0 Å².